The minimum Gasteiger partial charge on any atom is -0.394 e. The van der Waals surface area contributed by atoms with E-state index in [9.17, 15) is 35.4 Å². The summed E-state index contributed by atoms with van der Waals surface area (Å²) in [6, 6.07) is -1.13. The first kappa shape index (κ1) is 56.2. The van der Waals surface area contributed by atoms with Crippen molar-refractivity contribution in [1.29, 1.82) is 0 Å². The van der Waals surface area contributed by atoms with Crippen LogP contribution in [-0.2, 0) is 9.53 Å². The molecular weight excluding hydrogens is 743 g/mol. The van der Waals surface area contributed by atoms with Crippen LogP contribution in [0.4, 0.5) is 0 Å². The third-order valence-corrected chi connectivity index (χ3v) is 13.0. The van der Waals surface area contributed by atoms with E-state index < -0.39 is 55.4 Å². The smallest absolute Gasteiger partial charge is 0.220 e. The second-order valence-electron chi connectivity index (χ2n) is 18.5. The van der Waals surface area contributed by atoms with Crippen molar-refractivity contribution in [3.8, 4) is 0 Å². The molecule has 0 saturated carbocycles. The van der Waals surface area contributed by atoms with E-state index in [1.54, 1.807) is 0 Å². The molecule has 0 aromatic carbocycles. The highest BCUT2D eigenvalue weighted by Crippen LogP contribution is 2.27. The predicted octanol–water partition coefficient (Wildman–Crippen LogP) is 10.9. The molecule has 1 amide bonds. The van der Waals surface area contributed by atoms with E-state index in [2.05, 4.69) is 19.2 Å². The Balaban J connectivity index is 2.26. The minimum absolute atomic E-state index is 0.266. The molecule has 1 fully saturated rings. The average molecular weight is 842 g/mol. The number of hydrogen-bond acceptors (Lipinski definition) is 8. The Morgan fingerprint density at radius 3 is 1.14 bits per heavy atom. The van der Waals surface area contributed by atoms with Gasteiger partial charge in [0.25, 0.3) is 0 Å². The van der Waals surface area contributed by atoms with E-state index in [0.717, 1.165) is 44.9 Å². The monoisotopic (exact) mass is 842 g/mol. The topological polar surface area (TPSA) is 160 Å². The van der Waals surface area contributed by atoms with Crippen molar-refractivity contribution >= 4 is 5.91 Å². The van der Waals surface area contributed by atoms with Crippen molar-refractivity contribution in [3.63, 3.8) is 0 Å². The summed E-state index contributed by atoms with van der Waals surface area (Å²) >= 11 is 0. The van der Waals surface area contributed by atoms with E-state index in [1.165, 1.54) is 180 Å². The van der Waals surface area contributed by atoms with Crippen LogP contribution in [0.5, 0.6) is 0 Å². The van der Waals surface area contributed by atoms with Gasteiger partial charge in [-0.3, -0.25) is 4.79 Å². The predicted molar refractivity (Wildman–Crippen MR) is 245 cm³/mol. The van der Waals surface area contributed by atoms with Crippen molar-refractivity contribution in [3.05, 3.63) is 0 Å². The molecule has 0 aromatic rings. The minimum atomic E-state index is -1.66. The molecule has 1 rings (SSSR count). The Bertz CT molecular complexity index is 908. The Morgan fingerprint density at radius 1 is 0.475 bits per heavy atom. The van der Waals surface area contributed by atoms with E-state index in [4.69, 9.17) is 4.74 Å². The molecule has 7 N–H and O–H groups in total. The lowest BCUT2D eigenvalue weighted by molar-refractivity contribution is -0.253. The maximum absolute atomic E-state index is 13.1. The number of hydrogen-bond donors (Lipinski definition) is 7. The SMILES string of the molecule is CCCCCCCCCCCCCCCCCCCCCCCCCC(=O)N[C@@H](C(O)[C@@H]1O[C@H](CO)[C@H](O)[C@H](O)[C@H]1O)[C@H](O)CCCCCCCCCCCCCCC. The Hall–Kier alpha value is -0.810. The van der Waals surface area contributed by atoms with Crippen molar-refractivity contribution in [2.24, 2.45) is 0 Å². The molecule has 1 unspecified atom stereocenters. The first-order valence-corrected chi connectivity index (χ1v) is 25.7. The molecule has 59 heavy (non-hydrogen) atoms. The summed E-state index contributed by atoms with van der Waals surface area (Å²) in [5, 5.41) is 66.4. The standard InChI is InChI=1S/C50H99NO8/c1-3-5-7-9-11-13-15-17-18-19-20-21-22-23-24-25-26-28-30-32-34-36-38-40-44(54)51-45(47(56)50-49(58)48(57)46(55)43(41-52)59-50)42(53)39-37-35-33-31-29-27-16-14-12-10-8-6-4-2/h42-43,45-50,52-53,55-58H,3-41H2,1-2H3,(H,51,54)/t42-,43-,45-,46+,47?,48+,49-,50+/m1/s1. The molecule has 9 nitrogen and oxygen atoms in total. The number of ether oxygens (including phenoxy) is 1. The molecule has 1 heterocycles. The molecule has 1 aliphatic rings. The number of amides is 1. The normalized spacial score (nSPS) is 21.1. The molecule has 352 valence electrons. The van der Waals surface area contributed by atoms with Gasteiger partial charge < -0.3 is 40.7 Å². The van der Waals surface area contributed by atoms with Gasteiger partial charge in [-0.05, 0) is 12.8 Å². The summed E-state index contributed by atoms with van der Waals surface area (Å²) in [6.45, 7) is 3.91. The van der Waals surface area contributed by atoms with Crippen LogP contribution in [0.3, 0.4) is 0 Å². The highest BCUT2D eigenvalue weighted by atomic mass is 16.6. The lowest BCUT2D eigenvalue weighted by Gasteiger charge is -2.44. The molecule has 0 bridgehead atoms. The van der Waals surface area contributed by atoms with Gasteiger partial charge in [0.1, 0.15) is 36.6 Å². The zero-order valence-corrected chi connectivity index (χ0v) is 38.7. The van der Waals surface area contributed by atoms with E-state index >= 15 is 0 Å². The molecule has 0 spiro atoms. The summed E-state index contributed by atoms with van der Waals surface area (Å²) < 4.78 is 5.62. The molecule has 0 radical (unpaired) electrons. The van der Waals surface area contributed by atoms with Gasteiger partial charge in [-0.2, -0.15) is 0 Å². The number of carbonyl (C=O) groups is 1. The van der Waals surface area contributed by atoms with Crippen molar-refractivity contribution in [2.45, 2.75) is 307 Å². The molecular formula is C50H99NO8. The first-order valence-electron chi connectivity index (χ1n) is 25.7. The lowest BCUT2D eigenvalue weighted by Crippen LogP contribution is -2.66. The zero-order valence-electron chi connectivity index (χ0n) is 38.7. The third-order valence-electron chi connectivity index (χ3n) is 13.0. The van der Waals surface area contributed by atoms with Gasteiger partial charge >= 0.3 is 0 Å². The quantitative estimate of drug-likeness (QED) is 0.0299. The van der Waals surface area contributed by atoms with Gasteiger partial charge in [-0.1, -0.05) is 239 Å². The van der Waals surface area contributed by atoms with Gasteiger partial charge in [0.15, 0.2) is 0 Å². The fourth-order valence-electron chi connectivity index (χ4n) is 8.91. The number of aliphatic hydroxyl groups is 6. The largest absolute Gasteiger partial charge is 0.394 e. The van der Waals surface area contributed by atoms with Gasteiger partial charge in [0, 0.05) is 6.42 Å². The fourth-order valence-corrected chi connectivity index (χ4v) is 8.91. The van der Waals surface area contributed by atoms with Gasteiger partial charge in [-0.25, -0.2) is 0 Å². The van der Waals surface area contributed by atoms with Crippen LogP contribution in [0.25, 0.3) is 0 Å². The maximum Gasteiger partial charge on any atom is 0.220 e. The molecule has 1 saturated heterocycles. The van der Waals surface area contributed by atoms with Crippen molar-refractivity contribution in [2.75, 3.05) is 6.61 Å². The Labute approximate surface area is 363 Å². The third kappa shape index (κ3) is 29.2. The van der Waals surface area contributed by atoms with Crippen LogP contribution in [0.1, 0.15) is 258 Å². The number of rotatable bonds is 43. The summed E-state index contributed by atoms with van der Waals surface area (Å²) in [7, 11) is 0. The highest BCUT2D eigenvalue weighted by molar-refractivity contribution is 5.76. The number of nitrogens with one attached hydrogen (secondary N) is 1. The molecule has 8 atom stereocenters. The molecule has 1 aliphatic heterocycles. The number of unbranched alkanes of at least 4 members (excludes halogenated alkanes) is 34. The van der Waals surface area contributed by atoms with Crippen LogP contribution in [0.15, 0.2) is 0 Å². The van der Waals surface area contributed by atoms with E-state index in [1.807, 2.05) is 0 Å². The second-order valence-corrected chi connectivity index (χ2v) is 18.5. The van der Waals surface area contributed by atoms with Gasteiger partial charge in [0.2, 0.25) is 5.91 Å². The Morgan fingerprint density at radius 2 is 0.797 bits per heavy atom. The summed E-state index contributed by atoms with van der Waals surface area (Å²) in [5.74, 6) is -0.286. The zero-order chi connectivity index (χ0) is 43.2. The molecule has 0 aliphatic carbocycles. The van der Waals surface area contributed by atoms with Gasteiger partial charge in [0.05, 0.1) is 18.8 Å². The first-order chi connectivity index (χ1) is 28.8. The van der Waals surface area contributed by atoms with Crippen LogP contribution in [-0.4, -0.2) is 91.9 Å². The second kappa shape index (κ2) is 40.0. The van der Waals surface area contributed by atoms with Crippen molar-refractivity contribution in [1.82, 2.24) is 5.32 Å². The lowest BCUT2D eigenvalue weighted by atomic mass is 9.87. The van der Waals surface area contributed by atoms with Crippen LogP contribution in [0.2, 0.25) is 0 Å². The van der Waals surface area contributed by atoms with Crippen molar-refractivity contribution < 1.29 is 40.2 Å². The number of aliphatic hydroxyl groups excluding tert-OH is 6. The average Bonchev–Trinajstić information content (AvgIpc) is 3.23. The highest BCUT2D eigenvalue weighted by Gasteiger charge is 2.48. The van der Waals surface area contributed by atoms with Crippen LogP contribution in [0, 0.1) is 0 Å². The summed E-state index contributed by atoms with van der Waals surface area (Å²) in [6.07, 6.45) is 36.2. The summed E-state index contributed by atoms with van der Waals surface area (Å²) in [5.41, 5.74) is 0. The van der Waals surface area contributed by atoms with E-state index in [0.29, 0.717) is 12.8 Å². The fraction of sp³-hybridized carbons (Fsp3) is 0.980. The van der Waals surface area contributed by atoms with Gasteiger partial charge in [-0.15, -0.1) is 0 Å². The Kier molecular flexibility index (Phi) is 38.1. The maximum atomic E-state index is 13.1. The van der Waals surface area contributed by atoms with Crippen LogP contribution >= 0.6 is 0 Å². The number of carbonyl (C=O) groups excluding carboxylic acids is 1. The summed E-state index contributed by atoms with van der Waals surface area (Å²) in [4.78, 5) is 13.1. The van der Waals surface area contributed by atoms with E-state index in [-0.39, 0.29) is 12.3 Å². The molecule has 0 aromatic heterocycles. The molecule has 9 heteroatoms. The van der Waals surface area contributed by atoms with Crippen LogP contribution < -0.4 is 5.32 Å².